The van der Waals surface area contributed by atoms with Crippen LogP contribution in [0.5, 0.6) is 0 Å². The lowest BCUT2D eigenvalue weighted by Gasteiger charge is -2.17. The minimum atomic E-state index is -0.534. The Morgan fingerprint density at radius 1 is 1.38 bits per heavy atom. The van der Waals surface area contributed by atoms with Crippen molar-refractivity contribution in [3.8, 4) is 0 Å². The second-order valence-corrected chi connectivity index (χ2v) is 3.11. The zero-order chi connectivity index (χ0) is 9.84. The second kappa shape index (κ2) is 4.16. The van der Waals surface area contributed by atoms with Gasteiger partial charge in [0.15, 0.2) is 0 Å². The molecular formula is C9H12O4. The van der Waals surface area contributed by atoms with Gasteiger partial charge in [-0.3, -0.25) is 14.4 Å². The summed E-state index contributed by atoms with van der Waals surface area (Å²) in [4.78, 5) is 33.1. The van der Waals surface area contributed by atoms with Crippen molar-refractivity contribution in [3.63, 3.8) is 0 Å². The first-order valence-corrected chi connectivity index (χ1v) is 4.33. The molecule has 0 atom stereocenters. The predicted octanol–water partition coefficient (Wildman–Crippen LogP) is 0.488. The fourth-order valence-electron chi connectivity index (χ4n) is 1.41. The van der Waals surface area contributed by atoms with Crippen LogP contribution in [0.15, 0.2) is 0 Å². The number of rotatable bonds is 2. The molecule has 0 N–H and O–H groups in total. The molecule has 1 aliphatic carbocycles. The minimum absolute atomic E-state index is 0.0180. The fourth-order valence-corrected chi connectivity index (χ4v) is 1.41. The molecule has 0 amide bonds. The van der Waals surface area contributed by atoms with Crippen LogP contribution in [0.1, 0.15) is 26.2 Å². The molecule has 0 aromatic rings. The third kappa shape index (κ3) is 2.65. The van der Waals surface area contributed by atoms with E-state index in [2.05, 4.69) is 0 Å². The van der Waals surface area contributed by atoms with Gasteiger partial charge in [0, 0.05) is 12.8 Å². The lowest BCUT2D eigenvalue weighted by Crippen LogP contribution is -2.29. The molecule has 0 radical (unpaired) electrons. The van der Waals surface area contributed by atoms with Gasteiger partial charge in [0.2, 0.25) is 0 Å². The van der Waals surface area contributed by atoms with E-state index in [1.165, 1.54) is 0 Å². The van der Waals surface area contributed by atoms with Crippen LogP contribution < -0.4 is 0 Å². The highest BCUT2D eigenvalue weighted by Crippen LogP contribution is 2.19. The quantitative estimate of drug-likeness (QED) is 0.463. The smallest absolute Gasteiger partial charge is 0.309 e. The van der Waals surface area contributed by atoms with Gasteiger partial charge in [-0.05, 0) is 6.92 Å². The topological polar surface area (TPSA) is 60.4 Å². The Morgan fingerprint density at radius 2 is 1.92 bits per heavy atom. The van der Waals surface area contributed by atoms with Gasteiger partial charge in [0.05, 0.1) is 18.9 Å². The van der Waals surface area contributed by atoms with Crippen molar-refractivity contribution in [2.24, 2.45) is 5.92 Å². The Hall–Kier alpha value is -1.19. The number of ketones is 2. The molecule has 1 saturated carbocycles. The van der Waals surface area contributed by atoms with Crippen LogP contribution in [0.3, 0.4) is 0 Å². The van der Waals surface area contributed by atoms with Crippen LogP contribution >= 0.6 is 0 Å². The van der Waals surface area contributed by atoms with Crippen LogP contribution in [0, 0.1) is 5.92 Å². The van der Waals surface area contributed by atoms with Crippen molar-refractivity contribution in [2.75, 3.05) is 6.61 Å². The van der Waals surface area contributed by atoms with Crippen molar-refractivity contribution < 1.29 is 19.1 Å². The summed E-state index contributed by atoms with van der Waals surface area (Å²) >= 11 is 0. The number of ether oxygens (including phenoxy) is 1. The summed E-state index contributed by atoms with van der Waals surface area (Å²) in [6.07, 6.45) is 0.297. The first-order valence-electron chi connectivity index (χ1n) is 4.33. The first kappa shape index (κ1) is 9.89. The minimum Gasteiger partial charge on any atom is -0.466 e. The maximum atomic E-state index is 11.2. The molecular weight excluding hydrogens is 172 g/mol. The summed E-state index contributed by atoms with van der Waals surface area (Å²) in [5, 5.41) is 0. The monoisotopic (exact) mass is 184 g/mol. The number of hydrogen-bond acceptors (Lipinski definition) is 4. The van der Waals surface area contributed by atoms with Gasteiger partial charge in [-0.15, -0.1) is 0 Å². The van der Waals surface area contributed by atoms with Gasteiger partial charge in [0.1, 0.15) is 11.6 Å². The van der Waals surface area contributed by atoms with Gasteiger partial charge in [-0.25, -0.2) is 0 Å². The third-order valence-corrected chi connectivity index (χ3v) is 1.96. The fraction of sp³-hybridized carbons (Fsp3) is 0.667. The maximum Gasteiger partial charge on any atom is 0.309 e. The van der Waals surface area contributed by atoms with Gasteiger partial charge < -0.3 is 4.74 Å². The SMILES string of the molecule is CCOC(=O)C1CC(=O)CC(=O)C1. The molecule has 0 unspecified atom stereocenters. The van der Waals surface area contributed by atoms with Gasteiger partial charge in [-0.2, -0.15) is 0 Å². The number of carbonyl (C=O) groups is 3. The average Bonchev–Trinajstić information content (AvgIpc) is 2.03. The van der Waals surface area contributed by atoms with E-state index in [1.54, 1.807) is 6.92 Å². The van der Waals surface area contributed by atoms with Crippen LogP contribution in [-0.2, 0) is 19.1 Å². The van der Waals surface area contributed by atoms with Gasteiger partial charge >= 0.3 is 5.97 Å². The molecule has 4 heteroatoms. The second-order valence-electron chi connectivity index (χ2n) is 3.11. The Bertz CT molecular complexity index is 228. The van der Waals surface area contributed by atoms with E-state index in [9.17, 15) is 14.4 Å². The Labute approximate surface area is 76.3 Å². The Kier molecular flexibility index (Phi) is 3.17. The lowest BCUT2D eigenvalue weighted by atomic mass is 9.87. The normalized spacial score (nSPS) is 18.8. The summed E-state index contributed by atoms with van der Waals surface area (Å²) in [5.74, 6) is -1.28. The van der Waals surface area contributed by atoms with Crippen molar-refractivity contribution in [2.45, 2.75) is 26.2 Å². The Morgan fingerprint density at radius 3 is 2.38 bits per heavy atom. The molecule has 1 aliphatic rings. The van der Waals surface area contributed by atoms with Crippen LogP contribution in [0.2, 0.25) is 0 Å². The highest BCUT2D eigenvalue weighted by atomic mass is 16.5. The molecule has 0 saturated heterocycles. The van der Waals surface area contributed by atoms with E-state index >= 15 is 0 Å². The van der Waals surface area contributed by atoms with Crippen molar-refractivity contribution in [3.05, 3.63) is 0 Å². The highest BCUT2D eigenvalue weighted by molar-refractivity contribution is 6.04. The number of Topliss-reactive ketones (excluding diaryl/α,β-unsaturated/α-hetero) is 2. The molecule has 0 aliphatic heterocycles. The molecule has 0 bridgehead atoms. The molecule has 0 aromatic carbocycles. The molecule has 72 valence electrons. The summed E-state index contributed by atoms with van der Waals surface area (Å²) < 4.78 is 4.73. The zero-order valence-corrected chi connectivity index (χ0v) is 7.54. The first-order chi connectivity index (χ1) is 6.13. The van der Waals surface area contributed by atoms with E-state index < -0.39 is 11.9 Å². The molecule has 0 spiro atoms. The summed E-state index contributed by atoms with van der Waals surface area (Å²) in [5.41, 5.74) is 0. The summed E-state index contributed by atoms with van der Waals surface area (Å²) in [7, 11) is 0. The van der Waals surface area contributed by atoms with E-state index in [1.807, 2.05) is 0 Å². The van der Waals surface area contributed by atoms with E-state index in [-0.39, 0.29) is 37.4 Å². The molecule has 0 aromatic heterocycles. The standard InChI is InChI=1S/C9H12O4/c1-2-13-9(12)6-3-7(10)5-8(11)4-6/h6H,2-5H2,1H3. The van der Waals surface area contributed by atoms with Gasteiger partial charge in [0.25, 0.3) is 0 Å². The highest BCUT2D eigenvalue weighted by Gasteiger charge is 2.31. The van der Waals surface area contributed by atoms with Gasteiger partial charge in [-0.1, -0.05) is 0 Å². The summed E-state index contributed by atoms with van der Waals surface area (Å²) in [6.45, 7) is 1.99. The van der Waals surface area contributed by atoms with E-state index in [0.29, 0.717) is 0 Å². The van der Waals surface area contributed by atoms with Crippen molar-refractivity contribution >= 4 is 17.5 Å². The zero-order valence-electron chi connectivity index (χ0n) is 7.54. The largest absolute Gasteiger partial charge is 0.466 e. The number of carbonyl (C=O) groups excluding carboxylic acids is 3. The van der Waals surface area contributed by atoms with Crippen LogP contribution in [0.4, 0.5) is 0 Å². The summed E-state index contributed by atoms with van der Waals surface area (Å²) in [6, 6.07) is 0. The Balaban J connectivity index is 2.54. The maximum absolute atomic E-state index is 11.2. The number of esters is 1. The molecule has 13 heavy (non-hydrogen) atoms. The van der Waals surface area contributed by atoms with Crippen molar-refractivity contribution in [1.29, 1.82) is 0 Å². The van der Waals surface area contributed by atoms with Crippen LogP contribution in [-0.4, -0.2) is 24.1 Å². The lowest BCUT2D eigenvalue weighted by molar-refractivity contribution is -0.153. The molecule has 1 rings (SSSR count). The van der Waals surface area contributed by atoms with Crippen molar-refractivity contribution in [1.82, 2.24) is 0 Å². The third-order valence-electron chi connectivity index (χ3n) is 1.96. The average molecular weight is 184 g/mol. The molecule has 4 nitrogen and oxygen atoms in total. The van der Waals surface area contributed by atoms with E-state index in [4.69, 9.17) is 4.74 Å². The number of hydrogen-bond donors (Lipinski definition) is 0. The molecule has 0 heterocycles. The predicted molar refractivity (Wildman–Crippen MR) is 44.0 cm³/mol. The van der Waals surface area contributed by atoms with E-state index in [0.717, 1.165) is 0 Å². The van der Waals surface area contributed by atoms with Crippen LogP contribution in [0.25, 0.3) is 0 Å². The molecule has 1 fully saturated rings.